The third-order valence-corrected chi connectivity index (χ3v) is 6.27. The molecule has 0 aliphatic carbocycles. The monoisotopic (exact) mass is 548 g/mol. The number of benzene rings is 2. The van der Waals surface area contributed by atoms with Gasteiger partial charge in [0.25, 0.3) is 16.8 Å². The normalized spacial score (nSPS) is 15.5. The molecular weight excluding hydrogens is 528 g/mol. The van der Waals surface area contributed by atoms with E-state index in [2.05, 4.69) is 15.9 Å². The summed E-state index contributed by atoms with van der Waals surface area (Å²) in [5, 5.41) is 10.3. The minimum atomic E-state index is -0.646. The lowest BCUT2D eigenvalue weighted by molar-refractivity contribution is -0.384. The molecule has 0 spiro atoms. The maximum atomic E-state index is 12.8. The van der Waals surface area contributed by atoms with Crippen LogP contribution in [0, 0.1) is 10.1 Å². The summed E-state index contributed by atoms with van der Waals surface area (Å²) in [7, 11) is 0. The van der Waals surface area contributed by atoms with E-state index in [9.17, 15) is 24.5 Å². The van der Waals surface area contributed by atoms with Gasteiger partial charge in [0, 0.05) is 22.2 Å². The molecule has 1 saturated heterocycles. The Morgan fingerprint density at radius 2 is 1.94 bits per heavy atom. The minimum Gasteiger partial charge on any atom is -0.488 e. The van der Waals surface area contributed by atoms with E-state index in [0.29, 0.717) is 17.7 Å². The lowest BCUT2D eigenvalue weighted by Gasteiger charge is -2.15. The lowest BCUT2D eigenvalue weighted by atomic mass is 10.1. The van der Waals surface area contributed by atoms with Crippen LogP contribution in [0.1, 0.15) is 31.4 Å². The topological polar surface area (TPSA) is 116 Å². The zero-order chi connectivity index (χ0) is 24.8. The van der Waals surface area contributed by atoms with Crippen molar-refractivity contribution in [2.24, 2.45) is 0 Å². The van der Waals surface area contributed by atoms with Gasteiger partial charge < -0.3 is 9.47 Å². The zero-order valence-electron chi connectivity index (χ0n) is 18.4. The average molecular weight is 549 g/mol. The molecule has 2 aromatic carbocycles. The van der Waals surface area contributed by atoms with Crippen LogP contribution in [0.3, 0.4) is 0 Å². The van der Waals surface area contributed by atoms with Gasteiger partial charge in [0.1, 0.15) is 18.9 Å². The maximum absolute atomic E-state index is 12.8. The second kappa shape index (κ2) is 11.3. The molecule has 1 aliphatic heterocycles. The van der Waals surface area contributed by atoms with E-state index >= 15 is 0 Å². The number of hydrogen-bond donors (Lipinski definition) is 0. The van der Waals surface area contributed by atoms with Gasteiger partial charge in [-0.2, -0.15) is 0 Å². The number of carbonyl (C=O) groups excluding carboxylic acids is 3. The van der Waals surface area contributed by atoms with Crippen molar-refractivity contribution >= 4 is 56.6 Å². The van der Waals surface area contributed by atoms with Crippen LogP contribution in [0.5, 0.6) is 5.75 Å². The van der Waals surface area contributed by atoms with E-state index < -0.39 is 28.6 Å². The largest absolute Gasteiger partial charge is 0.488 e. The van der Waals surface area contributed by atoms with Crippen LogP contribution < -0.4 is 4.74 Å². The number of ether oxygens (including phenoxy) is 2. The Morgan fingerprint density at radius 3 is 2.59 bits per heavy atom. The highest BCUT2D eigenvalue weighted by atomic mass is 79.9. The summed E-state index contributed by atoms with van der Waals surface area (Å²) in [6.45, 7) is 3.29. The standard InChI is InChI=1S/C23H21BrN2O7S/c1-3-14(2)33-21(27)12-25-22(28)20(34-23(25)29)11-16-10-17(24)6-9-19(16)32-13-15-4-7-18(8-5-15)26(30)31/h4-11,14H,3,12-13H2,1-2H3/b20-11-/t14-/m1/s1. The summed E-state index contributed by atoms with van der Waals surface area (Å²) in [6.07, 6.45) is 1.85. The number of imide groups is 1. The van der Waals surface area contributed by atoms with Crippen molar-refractivity contribution in [3.05, 3.63) is 73.1 Å². The molecule has 3 rings (SSSR count). The fraction of sp³-hybridized carbons (Fsp3) is 0.261. The highest BCUT2D eigenvalue weighted by molar-refractivity contribution is 9.10. The molecular formula is C23H21BrN2O7S. The summed E-state index contributed by atoms with van der Waals surface area (Å²) < 4.78 is 11.8. The third kappa shape index (κ3) is 6.45. The molecule has 0 saturated carbocycles. The van der Waals surface area contributed by atoms with Crippen molar-refractivity contribution in [3.63, 3.8) is 0 Å². The first-order valence-electron chi connectivity index (χ1n) is 10.3. The number of amides is 2. The Bertz CT molecular complexity index is 1150. The predicted molar refractivity (Wildman–Crippen MR) is 130 cm³/mol. The summed E-state index contributed by atoms with van der Waals surface area (Å²) in [5.41, 5.74) is 1.25. The van der Waals surface area contributed by atoms with E-state index in [-0.39, 0.29) is 23.3 Å². The van der Waals surface area contributed by atoms with Gasteiger partial charge in [0.05, 0.1) is 15.9 Å². The van der Waals surface area contributed by atoms with Gasteiger partial charge in [-0.05, 0) is 67.1 Å². The number of thioether (sulfide) groups is 1. The smallest absolute Gasteiger partial charge is 0.326 e. The average Bonchev–Trinajstić information content (AvgIpc) is 3.06. The summed E-state index contributed by atoms with van der Waals surface area (Å²) in [5.74, 6) is -0.783. The van der Waals surface area contributed by atoms with E-state index in [1.165, 1.54) is 18.2 Å². The first kappa shape index (κ1) is 25.4. The van der Waals surface area contributed by atoms with Crippen LogP contribution in [-0.2, 0) is 20.9 Å². The van der Waals surface area contributed by atoms with Crippen molar-refractivity contribution in [1.29, 1.82) is 0 Å². The molecule has 2 aromatic rings. The van der Waals surface area contributed by atoms with E-state index in [0.717, 1.165) is 26.7 Å². The Labute approximate surface area is 208 Å². The van der Waals surface area contributed by atoms with Gasteiger partial charge in [-0.15, -0.1) is 0 Å². The molecule has 0 radical (unpaired) electrons. The quantitative estimate of drug-likeness (QED) is 0.179. The second-order valence-corrected chi connectivity index (χ2v) is 9.28. The van der Waals surface area contributed by atoms with Crippen molar-refractivity contribution in [3.8, 4) is 5.75 Å². The molecule has 0 aromatic heterocycles. The molecule has 178 valence electrons. The van der Waals surface area contributed by atoms with Crippen LogP contribution >= 0.6 is 27.7 Å². The second-order valence-electron chi connectivity index (χ2n) is 7.37. The van der Waals surface area contributed by atoms with Crippen LogP contribution in [0.4, 0.5) is 10.5 Å². The molecule has 34 heavy (non-hydrogen) atoms. The Morgan fingerprint density at radius 1 is 1.24 bits per heavy atom. The molecule has 1 fully saturated rings. The summed E-state index contributed by atoms with van der Waals surface area (Å²) >= 11 is 4.12. The number of non-ortho nitro benzene ring substituents is 1. The van der Waals surface area contributed by atoms with Gasteiger partial charge in [-0.25, -0.2) is 0 Å². The van der Waals surface area contributed by atoms with E-state index in [1.54, 1.807) is 37.3 Å². The highest BCUT2D eigenvalue weighted by Crippen LogP contribution is 2.35. The number of nitro groups is 1. The first-order chi connectivity index (χ1) is 16.2. The number of carbonyl (C=O) groups is 3. The van der Waals surface area contributed by atoms with Crippen LogP contribution in [0.2, 0.25) is 0 Å². The Hall–Kier alpha value is -3.18. The van der Waals surface area contributed by atoms with Gasteiger partial charge >= 0.3 is 5.97 Å². The van der Waals surface area contributed by atoms with Crippen molar-refractivity contribution in [2.75, 3.05) is 6.54 Å². The number of esters is 1. The van der Waals surface area contributed by atoms with Crippen molar-refractivity contribution < 1.29 is 28.8 Å². The molecule has 0 N–H and O–H groups in total. The van der Waals surface area contributed by atoms with Crippen LogP contribution in [0.25, 0.3) is 6.08 Å². The molecule has 2 amide bonds. The fourth-order valence-electron chi connectivity index (χ4n) is 2.89. The van der Waals surface area contributed by atoms with Gasteiger partial charge in [0.2, 0.25) is 0 Å². The van der Waals surface area contributed by atoms with Gasteiger partial charge in [0.15, 0.2) is 0 Å². The van der Waals surface area contributed by atoms with Crippen molar-refractivity contribution in [1.82, 2.24) is 4.90 Å². The predicted octanol–water partition coefficient (Wildman–Crippen LogP) is 5.31. The maximum Gasteiger partial charge on any atom is 0.326 e. The van der Waals surface area contributed by atoms with Gasteiger partial charge in [-0.1, -0.05) is 22.9 Å². The highest BCUT2D eigenvalue weighted by Gasteiger charge is 2.37. The fourth-order valence-corrected chi connectivity index (χ4v) is 4.10. The number of hydrogen-bond acceptors (Lipinski definition) is 8. The third-order valence-electron chi connectivity index (χ3n) is 4.87. The van der Waals surface area contributed by atoms with Crippen LogP contribution in [-0.4, -0.2) is 39.6 Å². The molecule has 1 atom stereocenters. The number of nitro benzene ring substituents is 1. The number of rotatable bonds is 9. The molecule has 1 aliphatic rings. The molecule has 0 bridgehead atoms. The van der Waals surface area contributed by atoms with Crippen LogP contribution in [0.15, 0.2) is 51.8 Å². The first-order valence-corrected chi connectivity index (χ1v) is 11.9. The SMILES string of the molecule is CC[C@@H](C)OC(=O)CN1C(=O)S/C(=C\c2cc(Br)ccc2OCc2ccc([N+](=O)[O-])cc2)C1=O. The number of halogens is 1. The summed E-state index contributed by atoms with van der Waals surface area (Å²) in [4.78, 5) is 48.5. The Balaban J connectivity index is 1.75. The zero-order valence-corrected chi connectivity index (χ0v) is 20.8. The molecule has 0 unspecified atom stereocenters. The minimum absolute atomic E-state index is 0.0168. The van der Waals surface area contributed by atoms with Crippen molar-refractivity contribution in [2.45, 2.75) is 33.0 Å². The van der Waals surface area contributed by atoms with E-state index in [1.807, 2.05) is 6.92 Å². The lowest BCUT2D eigenvalue weighted by Crippen LogP contribution is -2.35. The molecule has 1 heterocycles. The number of nitrogens with zero attached hydrogens (tertiary/aromatic N) is 2. The van der Waals surface area contributed by atoms with Gasteiger partial charge in [-0.3, -0.25) is 29.4 Å². The molecule has 9 nitrogen and oxygen atoms in total. The Kier molecular flexibility index (Phi) is 8.46. The van der Waals surface area contributed by atoms with E-state index in [4.69, 9.17) is 9.47 Å². The molecule has 11 heteroatoms. The summed E-state index contributed by atoms with van der Waals surface area (Å²) in [6, 6.07) is 11.2.